The fourth-order valence-electron chi connectivity index (χ4n) is 1.65. The number of aryl methyl sites for hydroxylation is 1. The van der Waals surface area contributed by atoms with Crippen LogP contribution in [-0.4, -0.2) is 41.5 Å². The third-order valence-corrected chi connectivity index (χ3v) is 3.72. The number of hydrogen-bond donors (Lipinski definition) is 2. The zero-order valence-corrected chi connectivity index (χ0v) is 12.0. The van der Waals surface area contributed by atoms with E-state index in [1.54, 1.807) is 12.5 Å². The van der Waals surface area contributed by atoms with E-state index in [0.717, 1.165) is 28.5 Å². The Morgan fingerprint density at radius 2 is 2.30 bits per heavy atom. The fourth-order valence-corrected chi connectivity index (χ4v) is 2.50. The predicted molar refractivity (Wildman–Crippen MR) is 75.6 cm³/mol. The number of fused-ring (bicyclic) bond motifs is 1. The molecule has 0 bridgehead atoms. The molecule has 0 aliphatic carbocycles. The minimum absolute atomic E-state index is 0.591. The zero-order chi connectivity index (χ0) is 13.9. The van der Waals surface area contributed by atoms with E-state index in [0.29, 0.717) is 11.6 Å². The molecule has 0 aromatic carbocycles. The van der Waals surface area contributed by atoms with Gasteiger partial charge in [0.25, 0.3) is 0 Å². The van der Waals surface area contributed by atoms with Gasteiger partial charge in [-0.2, -0.15) is 10.1 Å². The van der Waals surface area contributed by atoms with Gasteiger partial charge in [-0.15, -0.1) is 10.2 Å². The minimum Gasteiger partial charge on any atom is -0.354 e. The van der Waals surface area contributed by atoms with E-state index in [9.17, 15) is 0 Å². The van der Waals surface area contributed by atoms with Crippen LogP contribution in [0.25, 0.3) is 11.0 Å². The maximum atomic E-state index is 4.53. The van der Waals surface area contributed by atoms with E-state index in [-0.39, 0.29) is 0 Å². The number of anilines is 1. The SMILES string of the molecule is CCCNc1nc(Sc2nncn2C)c2cn[nH]c2n1. The van der Waals surface area contributed by atoms with Gasteiger partial charge in [0, 0.05) is 13.6 Å². The van der Waals surface area contributed by atoms with Crippen molar-refractivity contribution in [3.05, 3.63) is 12.5 Å². The first-order valence-electron chi connectivity index (χ1n) is 6.24. The molecular formula is C11H14N8S. The van der Waals surface area contributed by atoms with Crippen molar-refractivity contribution in [2.75, 3.05) is 11.9 Å². The molecule has 2 N–H and O–H groups in total. The van der Waals surface area contributed by atoms with E-state index < -0.39 is 0 Å². The molecule has 20 heavy (non-hydrogen) atoms. The number of aromatic nitrogens is 7. The molecule has 0 amide bonds. The molecule has 0 aliphatic heterocycles. The molecule has 8 nitrogen and oxygen atoms in total. The monoisotopic (exact) mass is 290 g/mol. The molecule has 3 heterocycles. The summed E-state index contributed by atoms with van der Waals surface area (Å²) in [6.07, 6.45) is 4.39. The lowest BCUT2D eigenvalue weighted by Gasteiger charge is -2.06. The Morgan fingerprint density at radius 1 is 1.40 bits per heavy atom. The van der Waals surface area contributed by atoms with E-state index >= 15 is 0 Å². The molecular weight excluding hydrogens is 276 g/mol. The number of rotatable bonds is 5. The topological polar surface area (TPSA) is 97.2 Å². The van der Waals surface area contributed by atoms with Gasteiger partial charge in [-0.1, -0.05) is 6.92 Å². The minimum atomic E-state index is 0.591. The van der Waals surface area contributed by atoms with Crippen LogP contribution in [0.3, 0.4) is 0 Å². The maximum absolute atomic E-state index is 4.53. The Kier molecular flexibility index (Phi) is 3.50. The van der Waals surface area contributed by atoms with Gasteiger partial charge in [0.05, 0.1) is 11.6 Å². The third-order valence-electron chi connectivity index (χ3n) is 2.67. The maximum Gasteiger partial charge on any atom is 0.225 e. The number of hydrogen-bond acceptors (Lipinski definition) is 7. The molecule has 3 aromatic rings. The highest BCUT2D eigenvalue weighted by Crippen LogP contribution is 2.29. The fraction of sp³-hybridized carbons (Fsp3) is 0.364. The van der Waals surface area contributed by atoms with Crippen LogP contribution >= 0.6 is 11.8 Å². The van der Waals surface area contributed by atoms with Crippen molar-refractivity contribution in [3.63, 3.8) is 0 Å². The summed E-state index contributed by atoms with van der Waals surface area (Å²) < 4.78 is 1.85. The van der Waals surface area contributed by atoms with Crippen LogP contribution in [0.4, 0.5) is 5.95 Å². The van der Waals surface area contributed by atoms with Gasteiger partial charge in [0.15, 0.2) is 10.8 Å². The van der Waals surface area contributed by atoms with Crippen molar-refractivity contribution in [1.82, 2.24) is 34.9 Å². The summed E-state index contributed by atoms with van der Waals surface area (Å²) in [5, 5.41) is 20.5. The second-order valence-corrected chi connectivity index (χ2v) is 5.19. The highest BCUT2D eigenvalue weighted by atomic mass is 32.2. The number of nitrogens with zero attached hydrogens (tertiary/aromatic N) is 6. The highest BCUT2D eigenvalue weighted by Gasteiger charge is 2.13. The van der Waals surface area contributed by atoms with Crippen LogP contribution in [0.1, 0.15) is 13.3 Å². The van der Waals surface area contributed by atoms with Crippen molar-refractivity contribution in [3.8, 4) is 0 Å². The summed E-state index contributed by atoms with van der Waals surface area (Å²) in [6, 6.07) is 0. The quantitative estimate of drug-likeness (QED) is 0.686. The summed E-state index contributed by atoms with van der Waals surface area (Å²) in [4.78, 5) is 8.91. The second-order valence-electron chi connectivity index (χ2n) is 4.24. The Balaban J connectivity index is 1.99. The van der Waals surface area contributed by atoms with Crippen molar-refractivity contribution in [2.24, 2.45) is 7.05 Å². The third kappa shape index (κ3) is 2.44. The summed E-state index contributed by atoms with van der Waals surface area (Å²) in [5.74, 6) is 0.591. The Bertz CT molecular complexity index is 718. The van der Waals surface area contributed by atoms with Gasteiger partial charge in [-0.3, -0.25) is 5.10 Å². The highest BCUT2D eigenvalue weighted by molar-refractivity contribution is 7.99. The normalized spacial score (nSPS) is 11.1. The van der Waals surface area contributed by atoms with Crippen molar-refractivity contribution in [1.29, 1.82) is 0 Å². The standard InChI is InChI=1S/C11H14N8S/c1-3-4-12-10-15-8-7(5-13-17-8)9(16-10)20-11-18-14-6-19(11)2/h5-6H,3-4H2,1-2H3,(H2,12,13,15,16,17). The predicted octanol–water partition coefficient (Wildman–Crippen LogP) is 1.45. The average molecular weight is 290 g/mol. The Morgan fingerprint density at radius 3 is 3.05 bits per heavy atom. The van der Waals surface area contributed by atoms with Gasteiger partial charge in [0.1, 0.15) is 11.4 Å². The van der Waals surface area contributed by atoms with E-state index in [1.165, 1.54) is 11.8 Å². The summed E-state index contributed by atoms with van der Waals surface area (Å²) in [6.45, 7) is 2.92. The van der Waals surface area contributed by atoms with Crippen LogP contribution in [0.5, 0.6) is 0 Å². The summed E-state index contributed by atoms with van der Waals surface area (Å²) in [5.41, 5.74) is 0.711. The van der Waals surface area contributed by atoms with Crippen LogP contribution in [0.2, 0.25) is 0 Å². The van der Waals surface area contributed by atoms with Crippen LogP contribution in [-0.2, 0) is 7.05 Å². The molecule has 0 atom stereocenters. The first kappa shape index (κ1) is 12.9. The van der Waals surface area contributed by atoms with Crippen LogP contribution < -0.4 is 5.32 Å². The zero-order valence-electron chi connectivity index (χ0n) is 11.2. The lowest BCUT2D eigenvalue weighted by atomic mass is 10.4. The Hall–Kier alpha value is -2.16. The smallest absolute Gasteiger partial charge is 0.225 e. The molecule has 0 aliphatic rings. The molecule has 0 saturated carbocycles. The second kappa shape index (κ2) is 5.45. The molecule has 104 valence electrons. The Labute approximate surface area is 119 Å². The molecule has 0 fully saturated rings. The molecule has 0 saturated heterocycles. The van der Waals surface area contributed by atoms with Crippen molar-refractivity contribution >= 4 is 28.7 Å². The molecule has 3 rings (SSSR count). The molecule has 3 aromatic heterocycles. The van der Waals surface area contributed by atoms with Gasteiger partial charge >= 0.3 is 0 Å². The first-order valence-corrected chi connectivity index (χ1v) is 7.06. The molecule has 9 heteroatoms. The molecule has 0 radical (unpaired) electrons. The summed E-state index contributed by atoms with van der Waals surface area (Å²) in [7, 11) is 1.90. The number of nitrogens with one attached hydrogen (secondary N) is 2. The van der Waals surface area contributed by atoms with E-state index in [1.807, 2.05) is 11.6 Å². The molecule has 0 spiro atoms. The van der Waals surface area contributed by atoms with Crippen LogP contribution in [0.15, 0.2) is 22.7 Å². The van der Waals surface area contributed by atoms with Crippen molar-refractivity contribution in [2.45, 2.75) is 23.5 Å². The van der Waals surface area contributed by atoms with Crippen LogP contribution in [0, 0.1) is 0 Å². The molecule has 0 unspecified atom stereocenters. The van der Waals surface area contributed by atoms with Gasteiger partial charge in [-0.25, -0.2) is 4.98 Å². The number of aromatic amines is 1. The largest absolute Gasteiger partial charge is 0.354 e. The van der Waals surface area contributed by atoms with Gasteiger partial charge < -0.3 is 9.88 Å². The van der Waals surface area contributed by atoms with E-state index in [2.05, 4.69) is 42.6 Å². The van der Waals surface area contributed by atoms with Crippen molar-refractivity contribution < 1.29 is 0 Å². The first-order chi connectivity index (χ1) is 9.78. The van der Waals surface area contributed by atoms with Gasteiger partial charge in [0.2, 0.25) is 5.95 Å². The van der Waals surface area contributed by atoms with E-state index in [4.69, 9.17) is 0 Å². The summed E-state index contributed by atoms with van der Waals surface area (Å²) >= 11 is 1.44. The lowest BCUT2D eigenvalue weighted by molar-refractivity contribution is 0.787. The lowest BCUT2D eigenvalue weighted by Crippen LogP contribution is -2.05. The number of H-pyrrole nitrogens is 1. The van der Waals surface area contributed by atoms with Gasteiger partial charge in [-0.05, 0) is 18.2 Å². The average Bonchev–Trinajstić information content (AvgIpc) is 3.06.